The molecule has 1 aromatic heterocycles. The second-order valence-corrected chi connectivity index (χ2v) is 7.76. The highest BCUT2D eigenvalue weighted by atomic mass is 35.5. The van der Waals surface area contributed by atoms with Crippen molar-refractivity contribution in [2.24, 2.45) is 0 Å². The molecular formula is C21H19ClN4O2S. The number of benzene rings is 2. The van der Waals surface area contributed by atoms with Crippen LogP contribution in [-0.2, 0) is 4.79 Å². The minimum absolute atomic E-state index is 0.121. The van der Waals surface area contributed by atoms with Gasteiger partial charge >= 0.3 is 0 Å². The van der Waals surface area contributed by atoms with Crippen molar-refractivity contribution in [2.45, 2.75) is 25.5 Å². The van der Waals surface area contributed by atoms with Crippen LogP contribution in [0.4, 0.5) is 5.69 Å². The average Bonchev–Trinajstić information content (AvgIpc) is 3.18. The van der Waals surface area contributed by atoms with Crippen molar-refractivity contribution < 1.29 is 9.21 Å². The second kappa shape index (κ2) is 9.59. The number of rotatable bonds is 7. The maximum atomic E-state index is 12.8. The van der Waals surface area contributed by atoms with Crippen LogP contribution in [0.1, 0.15) is 17.5 Å². The molecule has 148 valence electrons. The topological polar surface area (TPSA) is 83.0 Å². The van der Waals surface area contributed by atoms with Gasteiger partial charge in [0, 0.05) is 22.8 Å². The molecule has 0 radical (unpaired) electrons. The predicted molar refractivity (Wildman–Crippen MR) is 114 cm³/mol. The number of thioether (sulfide) groups is 1. The number of amides is 1. The molecule has 1 amide bonds. The number of aromatic nitrogens is 2. The van der Waals surface area contributed by atoms with Crippen LogP contribution in [0.15, 0.2) is 52.1 Å². The zero-order chi connectivity index (χ0) is 20.8. The zero-order valence-electron chi connectivity index (χ0n) is 16.1. The van der Waals surface area contributed by atoms with Gasteiger partial charge in [-0.1, -0.05) is 35.5 Å². The summed E-state index contributed by atoms with van der Waals surface area (Å²) in [5, 5.41) is 17.8. The lowest BCUT2D eigenvalue weighted by molar-refractivity contribution is -0.116. The molecule has 0 fully saturated rings. The molecule has 0 saturated heterocycles. The van der Waals surface area contributed by atoms with Gasteiger partial charge < -0.3 is 9.32 Å². The Balaban J connectivity index is 1.70. The number of carbonyl (C=O) groups is 1. The summed E-state index contributed by atoms with van der Waals surface area (Å²) in [6, 6.07) is 15.0. The molecule has 0 atom stereocenters. The maximum Gasteiger partial charge on any atom is 0.277 e. The van der Waals surface area contributed by atoms with Gasteiger partial charge in [-0.2, -0.15) is 5.26 Å². The first-order valence-electron chi connectivity index (χ1n) is 8.94. The summed E-state index contributed by atoms with van der Waals surface area (Å²) in [6.07, 6.45) is 0.253. The minimum atomic E-state index is -0.129. The molecular weight excluding hydrogens is 408 g/mol. The number of carbonyl (C=O) groups excluding carboxylic acids is 1. The lowest BCUT2D eigenvalue weighted by Crippen LogP contribution is -2.33. The van der Waals surface area contributed by atoms with Gasteiger partial charge in [-0.15, -0.1) is 10.2 Å². The largest absolute Gasteiger partial charge is 0.411 e. The molecule has 29 heavy (non-hydrogen) atoms. The average molecular weight is 427 g/mol. The number of hydrogen-bond donors (Lipinski definition) is 0. The van der Waals surface area contributed by atoms with Crippen molar-refractivity contribution in [3.63, 3.8) is 0 Å². The fourth-order valence-electron chi connectivity index (χ4n) is 2.66. The third kappa shape index (κ3) is 5.37. The van der Waals surface area contributed by atoms with Crippen molar-refractivity contribution in [1.29, 1.82) is 5.26 Å². The Morgan fingerprint density at radius 3 is 2.76 bits per heavy atom. The molecule has 1 heterocycles. The smallest absolute Gasteiger partial charge is 0.277 e. The molecule has 0 bridgehead atoms. The van der Waals surface area contributed by atoms with Gasteiger partial charge in [0.25, 0.3) is 5.22 Å². The van der Waals surface area contributed by atoms with Crippen molar-refractivity contribution in [2.75, 3.05) is 17.2 Å². The summed E-state index contributed by atoms with van der Waals surface area (Å²) >= 11 is 7.16. The highest BCUT2D eigenvalue weighted by molar-refractivity contribution is 7.99. The third-order valence-electron chi connectivity index (χ3n) is 4.35. The zero-order valence-corrected chi connectivity index (χ0v) is 17.6. The van der Waals surface area contributed by atoms with Gasteiger partial charge in [0.2, 0.25) is 11.8 Å². The van der Waals surface area contributed by atoms with Gasteiger partial charge in [0.05, 0.1) is 18.2 Å². The van der Waals surface area contributed by atoms with Crippen LogP contribution in [0.5, 0.6) is 0 Å². The van der Waals surface area contributed by atoms with E-state index in [4.69, 9.17) is 21.3 Å². The molecule has 3 rings (SSSR count). The van der Waals surface area contributed by atoms with E-state index in [0.717, 1.165) is 28.6 Å². The molecule has 0 spiro atoms. The van der Waals surface area contributed by atoms with E-state index in [1.165, 1.54) is 0 Å². The second-order valence-electron chi connectivity index (χ2n) is 6.39. The van der Waals surface area contributed by atoms with E-state index in [9.17, 15) is 4.79 Å². The monoisotopic (exact) mass is 426 g/mol. The molecule has 0 aliphatic heterocycles. The third-order valence-corrected chi connectivity index (χ3v) is 5.39. The van der Waals surface area contributed by atoms with Crippen LogP contribution in [0.25, 0.3) is 11.5 Å². The fourth-order valence-corrected chi connectivity index (χ4v) is 3.49. The van der Waals surface area contributed by atoms with Crippen LogP contribution in [0, 0.1) is 25.2 Å². The lowest BCUT2D eigenvalue weighted by atomic mass is 10.1. The first-order valence-corrected chi connectivity index (χ1v) is 10.3. The van der Waals surface area contributed by atoms with E-state index in [1.807, 2.05) is 38.1 Å². The van der Waals surface area contributed by atoms with Crippen LogP contribution in [0.3, 0.4) is 0 Å². The number of aryl methyl sites for hydroxylation is 2. The van der Waals surface area contributed by atoms with E-state index >= 15 is 0 Å². The van der Waals surface area contributed by atoms with E-state index in [-0.39, 0.29) is 18.1 Å². The Morgan fingerprint density at radius 2 is 2.03 bits per heavy atom. The molecule has 0 unspecified atom stereocenters. The molecule has 0 N–H and O–H groups in total. The van der Waals surface area contributed by atoms with Gasteiger partial charge in [0.15, 0.2) is 0 Å². The van der Waals surface area contributed by atoms with Crippen molar-refractivity contribution in [3.05, 3.63) is 58.6 Å². The number of nitrogens with zero attached hydrogens (tertiary/aromatic N) is 4. The van der Waals surface area contributed by atoms with E-state index in [0.29, 0.717) is 28.2 Å². The molecule has 0 aliphatic carbocycles. The van der Waals surface area contributed by atoms with Crippen molar-refractivity contribution in [3.8, 4) is 17.5 Å². The van der Waals surface area contributed by atoms with E-state index in [2.05, 4.69) is 16.3 Å². The van der Waals surface area contributed by atoms with Crippen LogP contribution < -0.4 is 4.90 Å². The quantitative estimate of drug-likeness (QED) is 0.492. The Kier molecular flexibility index (Phi) is 6.91. The maximum absolute atomic E-state index is 12.8. The summed E-state index contributed by atoms with van der Waals surface area (Å²) in [4.78, 5) is 14.5. The van der Waals surface area contributed by atoms with Crippen LogP contribution >= 0.6 is 23.4 Å². The lowest BCUT2D eigenvalue weighted by Gasteiger charge is -2.22. The van der Waals surface area contributed by atoms with E-state index in [1.54, 1.807) is 23.1 Å². The Hall–Kier alpha value is -2.82. The molecule has 8 heteroatoms. The molecule has 6 nitrogen and oxygen atoms in total. The van der Waals surface area contributed by atoms with Crippen molar-refractivity contribution in [1.82, 2.24) is 10.2 Å². The summed E-state index contributed by atoms with van der Waals surface area (Å²) in [5.74, 6) is 0.337. The van der Waals surface area contributed by atoms with Crippen LogP contribution in [-0.4, -0.2) is 28.4 Å². The highest BCUT2D eigenvalue weighted by Gasteiger charge is 2.18. The van der Waals surface area contributed by atoms with Gasteiger partial charge in [-0.05, 0) is 55.3 Å². The first kappa shape index (κ1) is 20.9. The normalized spacial score (nSPS) is 10.6. The highest BCUT2D eigenvalue weighted by Crippen LogP contribution is 2.26. The van der Waals surface area contributed by atoms with Gasteiger partial charge in [0.1, 0.15) is 0 Å². The van der Waals surface area contributed by atoms with Gasteiger partial charge in [-0.25, -0.2) is 0 Å². The Bertz CT molecular complexity index is 1060. The first-order chi connectivity index (χ1) is 14.0. The summed E-state index contributed by atoms with van der Waals surface area (Å²) in [6.45, 7) is 4.34. The molecule has 0 saturated carbocycles. The molecule has 2 aromatic carbocycles. The summed E-state index contributed by atoms with van der Waals surface area (Å²) < 4.78 is 5.64. The SMILES string of the molecule is Cc1ccc(N(CCC#N)C(=O)CSc2nnc(-c3cccc(Cl)c3)o2)cc1C. The predicted octanol–water partition coefficient (Wildman–Crippen LogP) is 5.05. The Labute approximate surface area is 178 Å². The van der Waals surface area contributed by atoms with Crippen molar-refractivity contribution >= 4 is 35.0 Å². The standard InChI is InChI=1S/C21H19ClN4O2S/c1-14-7-8-18(11-15(14)2)26(10-4-9-23)19(27)13-29-21-25-24-20(28-21)16-5-3-6-17(22)12-16/h3,5-8,11-12H,4,10,13H2,1-2H3. The number of hydrogen-bond acceptors (Lipinski definition) is 6. The Morgan fingerprint density at radius 1 is 1.21 bits per heavy atom. The number of nitriles is 1. The fraction of sp³-hybridized carbons (Fsp3) is 0.238. The molecule has 3 aromatic rings. The van der Waals surface area contributed by atoms with Crippen LogP contribution in [0.2, 0.25) is 5.02 Å². The number of halogens is 1. The summed E-state index contributed by atoms with van der Waals surface area (Å²) in [7, 11) is 0. The summed E-state index contributed by atoms with van der Waals surface area (Å²) in [5.41, 5.74) is 3.73. The molecule has 0 aliphatic rings. The number of anilines is 1. The minimum Gasteiger partial charge on any atom is -0.411 e. The van der Waals surface area contributed by atoms with Gasteiger partial charge in [-0.3, -0.25) is 4.79 Å². The van der Waals surface area contributed by atoms with E-state index < -0.39 is 0 Å².